The molecule has 0 unspecified atom stereocenters. The Morgan fingerprint density at radius 1 is 1.47 bits per heavy atom. The van der Waals surface area contributed by atoms with E-state index in [0.29, 0.717) is 0 Å². The molecule has 0 fully saturated rings. The van der Waals surface area contributed by atoms with Crippen molar-refractivity contribution in [3.05, 3.63) is 35.9 Å². The molecule has 76 valence electrons. The van der Waals surface area contributed by atoms with E-state index in [0.717, 1.165) is 27.3 Å². The van der Waals surface area contributed by atoms with Gasteiger partial charge in [0.1, 0.15) is 5.82 Å². The zero-order valence-electron chi connectivity index (χ0n) is 8.20. The maximum atomic E-state index is 13.0. The number of benzene rings is 1. The molecule has 0 aliphatic carbocycles. The Bertz CT molecular complexity index is 638. The number of aromatic nitrogens is 2. The van der Waals surface area contributed by atoms with Gasteiger partial charge in [-0.05, 0) is 24.6 Å². The third kappa shape index (κ3) is 1.25. The maximum absolute atomic E-state index is 13.0. The fraction of sp³-hybridized carbons (Fsp3) is 0.182. The van der Waals surface area contributed by atoms with E-state index in [1.54, 1.807) is 12.1 Å². The summed E-state index contributed by atoms with van der Waals surface area (Å²) in [6.45, 7) is 2.08. The second kappa shape index (κ2) is 3.03. The first kappa shape index (κ1) is 8.85. The van der Waals surface area contributed by atoms with Crippen molar-refractivity contribution in [2.45, 2.75) is 13.3 Å². The average Bonchev–Trinajstić information content (AvgIpc) is 2.73. The van der Waals surface area contributed by atoms with Crippen LogP contribution in [0, 0.1) is 5.82 Å². The van der Waals surface area contributed by atoms with Crippen LogP contribution in [0.25, 0.3) is 15.2 Å². The Hall–Kier alpha value is -1.42. The first-order valence-corrected chi connectivity index (χ1v) is 5.65. The lowest BCUT2D eigenvalue weighted by Gasteiger charge is -1.90. The Labute approximate surface area is 90.0 Å². The predicted octanol–water partition coefficient (Wildman–Crippen LogP) is 3.25. The largest absolute Gasteiger partial charge is 0.290 e. The molecule has 0 aliphatic rings. The summed E-state index contributed by atoms with van der Waals surface area (Å²) in [4.78, 5) is 5.39. The Morgan fingerprint density at radius 2 is 2.33 bits per heavy atom. The van der Waals surface area contributed by atoms with Gasteiger partial charge in [0.25, 0.3) is 0 Å². The van der Waals surface area contributed by atoms with Gasteiger partial charge in [-0.25, -0.2) is 9.37 Å². The summed E-state index contributed by atoms with van der Waals surface area (Å²) in [5, 5.41) is 0. The molecule has 3 rings (SSSR count). The molecule has 4 heteroatoms. The van der Waals surface area contributed by atoms with Gasteiger partial charge >= 0.3 is 0 Å². The van der Waals surface area contributed by atoms with Gasteiger partial charge in [0.05, 0.1) is 15.9 Å². The highest BCUT2D eigenvalue weighted by atomic mass is 32.1. The summed E-state index contributed by atoms with van der Waals surface area (Å²) in [5.74, 6) is -0.192. The molecule has 2 heterocycles. The Balaban J connectivity index is 2.40. The van der Waals surface area contributed by atoms with E-state index < -0.39 is 0 Å². The summed E-state index contributed by atoms with van der Waals surface area (Å²) < 4.78 is 16.0. The van der Waals surface area contributed by atoms with E-state index in [-0.39, 0.29) is 5.82 Å². The van der Waals surface area contributed by atoms with Gasteiger partial charge in [0, 0.05) is 6.20 Å². The zero-order valence-corrected chi connectivity index (χ0v) is 9.01. The zero-order chi connectivity index (χ0) is 10.4. The predicted molar refractivity (Wildman–Crippen MR) is 59.9 cm³/mol. The second-order valence-corrected chi connectivity index (χ2v) is 4.46. The summed E-state index contributed by atoms with van der Waals surface area (Å²) in [6, 6.07) is 4.84. The first-order valence-electron chi connectivity index (χ1n) is 4.84. The molecule has 0 spiro atoms. The molecule has 15 heavy (non-hydrogen) atoms. The van der Waals surface area contributed by atoms with Crippen molar-refractivity contribution in [2.24, 2.45) is 0 Å². The first-order chi connectivity index (χ1) is 7.28. The van der Waals surface area contributed by atoms with Gasteiger partial charge in [0.2, 0.25) is 0 Å². The van der Waals surface area contributed by atoms with E-state index in [1.807, 2.05) is 10.6 Å². The quantitative estimate of drug-likeness (QED) is 0.615. The van der Waals surface area contributed by atoms with Crippen LogP contribution in [0.3, 0.4) is 0 Å². The number of aryl methyl sites for hydroxylation is 1. The van der Waals surface area contributed by atoms with E-state index in [4.69, 9.17) is 0 Å². The fourth-order valence-corrected chi connectivity index (χ4v) is 2.74. The van der Waals surface area contributed by atoms with Crippen LogP contribution in [0.1, 0.15) is 12.6 Å². The number of rotatable bonds is 1. The number of imidazole rings is 1. The van der Waals surface area contributed by atoms with Crippen LogP contribution in [-0.2, 0) is 6.42 Å². The van der Waals surface area contributed by atoms with Crippen molar-refractivity contribution in [3.63, 3.8) is 0 Å². The number of fused-ring (bicyclic) bond motifs is 3. The van der Waals surface area contributed by atoms with Crippen LogP contribution in [0.5, 0.6) is 0 Å². The van der Waals surface area contributed by atoms with Gasteiger partial charge in [-0.1, -0.05) is 18.3 Å². The standard InChI is InChI=1S/C11H9FN2S/c1-2-8-6-14-9-4-3-7(12)5-10(9)15-11(14)13-8/h3-6H,2H2,1H3. The summed E-state index contributed by atoms with van der Waals surface area (Å²) in [7, 11) is 0. The van der Waals surface area contributed by atoms with Crippen LogP contribution in [0.4, 0.5) is 4.39 Å². The van der Waals surface area contributed by atoms with E-state index in [1.165, 1.54) is 17.4 Å². The summed E-state index contributed by atoms with van der Waals surface area (Å²) in [6.07, 6.45) is 2.95. The lowest BCUT2D eigenvalue weighted by molar-refractivity contribution is 0.630. The SMILES string of the molecule is CCc1cn2c(n1)sc1cc(F)ccc12. The molecule has 0 bridgehead atoms. The van der Waals surface area contributed by atoms with Crippen molar-refractivity contribution >= 4 is 26.5 Å². The summed E-state index contributed by atoms with van der Waals surface area (Å²) in [5.41, 5.74) is 2.11. The van der Waals surface area contributed by atoms with Gasteiger partial charge in [0.15, 0.2) is 4.96 Å². The molecule has 0 saturated heterocycles. The van der Waals surface area contributed by atoms with Crippen LogP contribution in [-0.4, -0.2) is 9.38 Å². The van der Waals surface area contributed by atoms with Gasteiger partial charge in [-0.2, -0.15) is 0 Å². The molecule has 0 amide bonds. The smallest absolute Gasteiger partial charge is 0.194 e. The third-order valence-electron chi connectivity index (χ3n) is 2.47. The number of hydrogen-bond acceptors (Lipinski definition) is 2. The molecule has 1 aromatic carbocycles. The van der Waals surface area contributed by atoms with Crippen LogP contribution >= 0.6 is 11.3 Å². The molecule has 2 nitrogen and oxygen atoms in total. The molecule has 0 atom stereocenters. The molecular formula is C11H9FN2S. The highest BCUT2D eigenvalue weighted by Gasteiger charge is 2.08. The second-order valence-electron chi connectivity index (χ2n) is 3.45. The van der Waals surface area contributed by atoms with E-state index >= 15 is 0 Å². The highest BCUT2D eigenvalue weighted by Crippen LogP contribution is 2.26. The van der Waals surface area contributed by atoms with Crippen LogP contribution in [0.2, 0.25) is 0 Å². The number of hydrogen-bond donors (Lipinski definition) is 0. The molecule has 2 aromatic heterocycles. The molecule has 0 N–H and O–H groups in total. The van der Waals surface area contributed by atoms with Crippen LogP contribution in [0.15, 0.2) is 24.4 Å². The molecule has 0 saturated carbocycles. The molecule has 3 aromatic rings. The lowest BCUT2D eigenvalue weighted by Crippen LogP contribution is -1.79. The van der Waals surface area contributed by atoms with Crippen molar-refractivity contribution < 1.29 is 4.39 Å². The minimum absolute atomic E-state index is 0.192. The molecule has 0 radical (unpaired) electrons. The number of halogens is 1. The summed E-state index contributed by atoms with van der Waals surface area (Å²) >= 11 is 1.52. The molecule has 0 aliphatic heterocycles. The fourth-order valence-electron chi connectivity index (χ4n) is 1.69. The van der Waals surface area contributed by atoms with Crippen molar-refractivity contribution in [1.82, 2.24) is 9.38 Å². The van der Waals surface area contributed by atoms with Crippen LogP contribution < -0.4 is 0 Å². The van der Waals surface area contributed by atoms with E-state index in [2.05, 4.69) is 11.9 Å². The Morgan fingerprint density at radius 3 is 3.13 bits per heavy atom. The Kier molecular flexibility index (Phi) is 1.79. The minimum atomic E-state index is -0.192. The third-order valence-corrected chi connectivity index (χ3v) is 3.49. The normalized spacial score (nSPS) is 11.6. The van der Waals surface area contributed by atoms with Gasteiger partial charge in [-0.3, -0.25) is 4.40 Å². The highest BCUT2D eigenvalue weighted by molar-refractivity contribution is 7.23. The molecular weight excluding hydrogens is 211 g/mol. The van der Waals surface area contributed by atoms with E-state index in [9.17, 15) is 4.39 Å². The van der Waals surface area contributed by atoms with Crippen molar-refractivity contribution in [3.8, 4) is 0 Å². The van der Waals surface area contributed by atoms with Gasteiger partial charge < -0.3 is 0 Å². The average molecular weight is 220 g/mol. The number of thiazole rings is 1. The van der Waals surface area contributed by atoms with Crippen molar-refractivity contribution in [1.29, 1.82) is 0 Å². The van der Waals surface area contributed by atoms with Gasteiger partial charge in [-0.15, -0.1) is 0 Å². The monoisotopic (exact) mass is 220 g/mol. The number of nitrogens with zero attached hydrogens (tertiary/aromatic N) is 2. The lowest BCUT2D eigenvalue weighted by atomic mass is 10.3. The minimum Gasteiger partial charge on any atom is -0.290 e. The van der Waals surface area contributed by atoms with Crippen molar-refractivity contribution in [2.75, 3.05) is 0 Å². The topological polar surface area (TPSA) is 17.3 Å². The maximum Gasteiger partial charge on any atom is 0.194 e.